The normalized spacial score (nSPS) is 11.6. The molecule has 11 heteroatoms. The van der Waals surface area contributed by atoms with Crippen molar-refractivity contribution < 1.29 is 29.0 Å². The topological polar surface area (TPSA) is 146 Å². The lowest BCUT2D eigenvalue weighted by Gasteiger charge is -2.18. The second kappa shape index (κ2) is 12.5. The highest BCUT2D eigenvalue weighted by Crippen LogP contribution is 2.26. The highest BCUT2D eigenvalue weighted by molar-refractivity contribution is 5.95. The van der Waals surface area contributed by atoms with Crippen molar-refractivity contribution in [1.29, 1.82) is 0 Å². The van der Waals surface area contributed by atoms with Crippen LogP contribution in [0.3, 0.4) is 0 Å². The Morgan fingerprint density at radius 2 is 1.62 bits per heavy atom. The Labute approximate surface area is 223 Å². The van der Waals surface area contributed by atoms with Crippen molar-refractivity contribution in [1.82, 2.24) is 25.5 Å². The summed E-state index contributed by atoms with van der Waals surface area (Å²) < 4.78 is 15.2. The van der Waals surface area contributed by atoms with E-state index in [1.54, 1.807) is 16.7 Å². The molecule has 4 rings (SSSR count). The van der Waals surface area contributed by atoms with E-state index in [1.165, 1.54) is 12.1 Å². The van der Waals surface area contributed by atoms with Crippen molar-refractivity contribution in [2.75, 3.05) is 13.1 Å². The molecule has 0 radical (unpaired) electrons. The summed E-state index contributed by atoms with van der Waals surface area (Å²) in [6.07, 6.45) is -1.71. The minimum atomic E-state index is -1.25. The van der Waals surface area contributed by atoms with Crippen molar-refractivity contribution >= 4 is 29.1 Å². The summed E-state index contributed by atoms with van der Waals surface area (Å²) in [6, 6.07) is 20.7. The lowest BCUT2D eigenvalue weighted by atomic mass is 10.1. The molecular formula is C28H28FN5O5. The van der Waals surface area contributed by atoms with E-state index in [4.69, 9.17) is 5.11 Å². The van der Waals surface area contributed by atoms with Gasteiger partial charge in [0.05, 0.1) is 11.0 Å². The Hall–Kier alpha value is -4.93. The molecule has 4 aromatic rings. The molecule has 0 spiro atoms. The minimum absolute atomic E-state index is 0.00637. The fourth-order valence-corrected chi connectivity index (χ4v) is 4.29. The third-order valence-electron chi connectivity index (χ3n) is 6.15. The predicted octanol–water partition coefficient (Wildman–Crippen LogP) is 4.30. The van der Waals surface area contributed by atoms with Crippen LogP contribution in [0.4, 0.5) is 14.0 Å². The fourth-order valence-electron chi connectivity index (χ4n) is 4.29. The molecule has 0 bridgehead atoms. The molecule has 0 aliphatic rings. The zero-order valence-corrected chi connectivity index (χ0v) is 20.9. The number of nitrogens with zero attached hydrogens (tertiary/aromatic N) is 2. The molecule has 1 aromatic heterocycles. The first-order valence-electron chi connectivity index (χ1n) is 12.3. The molecular weight excluding hydrogens is 505 g/mol. The number of imidazole rings is 1. The highest BCUT2D eigenvalue weighted by Gasteiger charge is 2.20. The highest BCUT2D eigenvalue weighted by atomic mass is 19.1. The number of amides is 3. The third kappa shape index (κ3) is 7.31. The number of aromatic nitrogens is 2. The maximum Gasteiger partial charge on any atom is 0.404 e. The van der Waals surface area contributed by atoms with Gasteiger partial charge in [0.1, 0.15) is 5.82 Å². The maximum atomic E-state index is 13.4. The first-order chi connectivity index (χ1) is 18.8. The smallest absolute Gasteiger partial charge is 0.404 e. The summed E-state index contributed by atoms with van der Waals surface area (Å²) in [5, 5.41) is 25.2. The Bertz CT molecular complexity index is 1460. The molecule has 3 aromatic carbocycles. The van der Waals surface area contributed by atoms with E-state index < -0.39 is 24.1 Å². The van der Waals surface area contributed by atoms with Crippen molar-refractivity contribution in [2.24, 2.45) is 0 Å². The second-order valence-corrected chi connectivity index (χ2v) is 8.95. The summed E-state index contributed by atoms with van der Waals surface area (Å²) in [6.45, 7) is 0.533. The summed E-state index contributed by atoms with van der Waals surface area (Å²) >= 11 is 0. The molecule has 202 valence electrons. The van der Waals surface area contributed by atoms with Gasteiger partial charge in [0, 0.05) is 25.7 Å². The summed E-state index contributed by atoms with van der Waals surface area (Å²) in [5.41, 5.74) is 3.90. The van der Waals surface area contributed by atoms with Crippen LogP contribution in [0, 0.1) is 5.82 Å². The van der Waals surface area contributed by atoms with Crippen LogP contribution >= 0.6 is 0 Å². The zero-order valence-electron chi connectivity index (χ0n) is 20.9. The second-order valence-electron chi connectivity index (χ2n) is 8.95. The Morgan fingerprint density at radius 3 is 2.31 bits per heavy atom. The number of fused-ring (bicyclic) bond motifs is 1. The maximum absolute atomic E-state index is 13.4. The number of halogens is 1. The van der Waals surface area contributed by atoms with E-state index in [9.17, 15) is 23.9 Å². The van der Waals surface area contributed by atoms with Crippen molar-refractivity contribution in [2.45, 2.75) is 25.4 Å². The Morgan fingerprint density at radius 1 is 0.897 bits per heavy atom. The molecule has 0 aliphatic carbocycles. The van der Waals surface area contributed by atoms with Crippen LogP contribution in [0.25, 0.3) is 22.2 Å². The Balaban J connectivity index is 1.59. The van der Waals surface area contributed by atoms with E-state index in [-0.39, 0.29) is 24.7 Å². The van der Waals surface area contributed by atoms with Crippen LogP contribution in [-0.4, -0.2) is 57.0 Å². The molecule has 1 heterocycles. The zero-order chi connectivity index (χ0) is 27.8. The Kier molecular flexibility index (Phi) is 8.72. The van der Waals surface area contributed by atoms with Gasteiger partial charge in [0.25, 0.3) is 5.91 Å². The average molecular weight is 534 g/mol. The molecule has 5 N–H and O–H groups in total. The number of nitrogens with one attached hydrogen (secondary N) is 3. The van der Waals surface area contributed by atoms with Gasteiger partial charge in [0.15, 0.2) is 5.82 Å². The van der Waals surface area contributed by atoms with Crippen LogP contribution in [0.2, 0.25) is 0 Å². The number of carboxylic acid groups (broad SMARTS) is 2. The number of carbonyl (C=O) groups excluding carboxylic acids is 1. The van der Waals surface area contributed by atoms with Gasteiger partial charge in [-0.3, -0.25) is 4.79 Å². The predicted molar refractivity (Wildman–Crippen MR) is 143 cm³/mol. The van der Waals surface area contributed by atoms with Crippen LogP contribution in [0.5, 0.6) is 0 Å². The van der Waals surface area contributed by atoms with Gasteiger partial charge in [0.2, 0.25) is 0 Å². The number of rotatable bonds is 11. The van der Waals surface area contributed by atoms with Crippen LogP contribution in [0.15, 0.2) is 72.8 Å². The monoisotopic (exact) mass is 533 g/mol. The van der Waals surface area contributed by atoms with Crippen molar-refractivity contribution in [3.8, 4) is 11.1 Å². The molecule has 0 fully saturated rings. The van der Waals surface area contributed by atoms with E-state index in [1.807, 2.05) is 48.5 Å². The van der Waals surface area contributed by atoms with Gasteiger partial charge in [-0.1, -0.05) is 48.5 Å². The number of carbonyl (C=O) groups is 3. The van der Waals surface area contributed by atoms with E-state index in [0.717, 1.165) is 22.2 Å². The number of benzene rings is 3. The minimum Gasteiger partial charge on any atom is -0.465 e. The fraction of sp³-hybridized carbons (Fsp3) is 0.214. The number of hydrogen-bond donors (Lipinski definition) is 5. The molecule has 39 heavy (non-hydrogen) atoms. The lowest BCUT2D eigenvalue weighted by molar-refractivity contribution is 0.0933. The van der Waals surface area contributed by atoms with Crippen LogP contribution < -0.4 is 16.0 Å². The molecule has 1 atom stereocenters. The first kappa shape index (κ1) is 27.1. The molecule has 10 nitrogen and oxygen atoms in total. The first-order valence-corrected chi connectivity index (χ1v) is 12.3. The van der Waals surface area contributed by atoms with Gasteiger partial charge < -0.3 is 30.7 Å². The van der Waals surface area contributed by atoms with Gasteiger partial charge in [-0.2, -0.15) is 0 Å². The summed E-state index contributed by atoms with van der Waals surface area (Å²) in [5.74, 6) is -0.655. The standard InChI is InChI=1S/C28H28FN5O5/c29-21-11-8-19(9-12-21)20-10-13-24-23(15-20)33-25(34(24)17-18-5-2-1-3-6-18)26(35)31-16-22(32-28(38)39)7-4-14-30-27(36)37/h1-3,5-6,8-13,15,22,30,32H,4,7,14,16-17H2,(H,31,35)(H,36,37)(H,38,39). The lowest BCUT2D eigenvalue weighted by Crippen LogP contribution is -2.44. The van der Waals surface area contributed by atoms with E-state index in [2.05, 4.69) is 20.9 Å². The molecule has 1 unspecified atom stereocenters. The van der Waals surface area contributed by atoms with Crippen LogP contribution in [-0.2, 0) is 6.54 Å². The third-order valence-corrected chi connectivity index (χ3v) is 6.15. The molecule has 0 aliphatic heterocycles. The summed E-state index contributed by atoms with van der Waals surface area (Å²) in [7, 11) is 0. The van der Waals surface area contributed by atoms with Crippen LogP contribution in [0.1, 0.15) is 29.0 Å². The molecule has 0 saturated carbocycles. The molecule has 0 saturated heterocycles. The SMILES string of the molecule is O=C(O)NCCCC(CNC(=O)c1nc2cc(-c3ccc(F)cc3)ccc2n1Cc1ccccc1)NC(=O)O. The largest absolute Gasteiger partial charge is 0.465 e. The van der Waals surface area contributed by atoms with E-state index in [0.29, 0.717) is 24.9 Å². The van der Waals surface area contributed by atoms with Gasteiger partial charge in [-0.25, -0.2) is 19.0 Å². The summed E-state index contributed by atoms with van der Waals surface area (Å²) in [4.78, 5) is 39.8. The van der Waals surface area contributed by atoms with E-state index >= 15 is 0 Å². The van der Waals surface area contributed by atoms with Gasteiger partial charge in [-0.05, 0) is 53.8 Å². The van der Waals surface area contributed by atoms with Crippen molar-refractivity contribution in [3.63, 3.8) is 0 Å². The van der Waals surface area contributed by atoms with Gasteiger partial charge in [-0.15, -0.1) is 0 Å². The quantitative estimate of drug-likeness (QED) is 0.182. The number of hydrogen-bond acceptors (Lipinski definition) is 4. The van der Waals surface area contributed by atoms with Crippen molar-refractivity contribution in [3.05, 3.63) is 90.0 Å². The molecule has 3 amide bonds. The average Bonchev–Trinajstić information content (AvgIpc) is 3.27. The van der Waals surface area contributed by atoms with Gasteiger partial charge >= 0.3 is 12.2 Å².